The van der Waals surface area contributed by atoms with E-state index in [2.05, 4.69) is 0 Å². The molecule has 1 saturated carbocycles. The molecule has 0 atom stereocenters. The van der Waals surface area contributed by atoms with Crippen LogP contribution in [0, 0.1) is 10.8 Å². The Bertz CT molecular complexity index is 365. The van der Waals surface area contributed by atoms with Crippen molar-refractivity contribution in [3.05, 3.63) is 0 Å². The molecule has 116 valence electrons. The molecule has 10 N–H and O–H groups in total. The molecule has 0 aromatic heterocycles. The fourth-order valence-corrected chi connectivity index (χ4v) is 2.55. The van der Waals surface area contributed by atoms with Gasteiger partial charge in [0.15, 0.2) is 10.8 Å². The van der Waals surface area contributed by atoms with Crippen molar-refractivity contribution in [2.45, 2.75) is 25.7 Å². The van der Waals surface area contributed by atoms with Gasteiger partial charge in [-0.05, 0) is 12.8 Å². The lowest BCUT2D eigenvalue weighted by molar-refractivity contribution is -0.200. The Morgan fingerprint density at radius 2 is 0.800 bits per heavy atom. The van der Waals surface area contributed by atoms with E-state index in [0.717, 1.165) is 0 Å². The van der Waals surface area contributed by atoms with Crippen LogP contribution in [-0.2, 0) is 19.2 Å². The molecule has 10 nitrogen and oxygen atoms in total. The minimum atomic E-state index is -2.83. The third-order valence-electron chi connectivity index (χ3n) is 3.54. The van der Waals surface area contributed by atoms with Crippen LogP contribution in [0.25, 0.3) is 0 Å². The lowest BCUT2D eigenvalue weighted by atomic mass is 9.55. The van der Waals surface area contributed by atoms with Gasteiger partial charge >= 0.3 is 23.9 Å². The fourth-order valence-electron chi connectivity index (χ4n) is 2.55. The van der Waals surface area contributed by atoms with Crippen molar-refractivity contribution in [2.24, 2.45) is 10.8 Å². The summed E-state index contributed by atoms with van der Waals surface area (Å²) in [7, 11) is 0. The first-order chi connectivity index (χ1) is 8.23. The van der Waals surface area contributed by atoms with E-state index in [-0.39, 0.29) is 25.1 Å². The molecule has 0 aromatic rings. The second kappa shape index (κ2) is 6.30. The highest BCUT2D eigenvalue weighted by Crippen LogP contribution is 2.52. The highest BCUT2D eigenvalue weighted by molar-refractivity contribution is 6.13. The van der Waals surface area contributed by atoms with Gasteiger partial charge in [-0.15, -0.1) is 0 Å². The third-order valence-corrected chi connectivity index (χ3v) is 3.54. The molecule has 0 aliphatic heterocycles. The lowest BCUT2D eigenvalue weighted by Crippen LogP contribution is -2.62. The van der Waals surface area contributed by atoms with Crippen molar-refractivity contribution in [1.29, 1.82) is 0 Å². The monoisotopic (exact) mass is 294 g/mol. The molecule has 0 unspecified atom stereocenters. The second-order valence-corrected chi connectivity index (χ2v) is 4.24. The van der Waals surface area contributed by atoms with Crippen LogP contribution >= 0.6 is 0 Å². The largest absolute Gasteiger partial charge is 0.480 e. The van der Waals surface area contributed by atoms with Crippen LogP contribution < -0.4 is 12.3 Å². The van der Waals surface area contributed by atoms with Crippen LogP contribution in [0.5, 0.6) is 0 Å². The van der Waals surface area contributed by atoms with E-state index in [0.29, 0.717) is 0 Å². The van der Waals surface area contributed by atoms with E-state index >= 15 is 0 Å². The average molecular weight is 294 g/mol. The van der Waals surface area contributed by atoms with Gasteiger partial charge in [-0.2, -0.15) is 0 Å². The van der Waals surface area contributed by atoms with Crippen LogP contribution in [0.15, 0.2) is 0 Å². The van der Waals surface area contributed by atoms with Gasteiger partial charge in [0.2, 0.25) is 0 Å². The molecule has 0 bridgehead atoms. The van der Waals surface area contributed by atoms with Gasteiger partial charge in [0.05, 0.1) is 0 Å². The first kappa shape index (κ1) is 20.1. The van der Waals surface area contributed by atoms with Crippen LogP contribution in [-0.4, -0.2) is 44.3 Å². The molecule has 0 saturated heterocycles. The van der Waals surface area contributed by atoms with Gasteiger partial charge in [-0.3, -0.25) is 19.2 Å². The van der Waals surface area contributed by atoms with Gasteiger partial charge in [0.1, 0.15) is 0 Å². The van der Waals surface area contributed by atoms with E-state index < -0.39 is 47.5 Å². The second-order valence-electron chi connectivity index (χ2n) is 4.24. The van der Waals surface area contributed by atoms with Gasteiger partial charge in [0.25, 0.3) is 0 Å². The first-order valence-electron chi connectivity index (χ1n) is 5.17. The average Bonchev–Trinajstić information content (AvgIpc) is 2.27. The van der Waals surface area contributed by atoms with E-state index in [1.807, 2.05) is 0 Å². The minimum Gasteiger partial charge on any atom is -0.480 e. The van der Waals surface area contributed by atoms with Crippen LogP contribution in [0.3, 0.4) is 0 Å². The molecule has 0 spiro atoms. The maximum absolute atomic E-state index is 11.2. The SMILES string of the molecule is N.N.O=C(O)C1(C(=O)O)CCCCC1(C(=O)O)C(=O)O. The molecule has 1 aliphatic carbocycles. The van der Waals surface area contributed by atoms with Gasteiger partial charge in [-0.25, -0.2) is 0 Å². The number of aliphatic carboxylic acids is 4. The predicted octanol–water partition coefficient (Wildman–Crippen LogP) is 0.196. The maximum atomic E-state index is 11.2. The highest BCUT2D eigenvalue weighted by Gasteiger charge is 2.71. The van der Waals surface area contributed by atoms with Crippen molar-refractivity contribution in [3.63, 3.8) is 0 Å². The summed E-state index contributed by atoms with van der Waals surface area (Å²) in [5.74, 6) is -7.72. The van der Waals surface area contributed by atoms with E-state index in [1.165, 1.54) is 0 Å². The number of hydrogen-bond donors (Lipinski definition) is 6. The Kier molecular flexibility index (Phi) is 6.34. The summed E-state index contributed by atoms with van der Waals surface area (Å²) in [6, 6.07) is 0. The molecular weight excluding hydrogens is 276 g/mol. The summed E-state index contributed by atoms with van der Waals surface area (Å²) in [5, 5.41) is 36.3. The Balaban J connectivity index is 0. The minimum absolute atomic E-state index is 0. The maximum Gasteiger partial charge on any atom is 0.322 e. The molecule has 1 fully saturated rings. The zero-order chi connectivity index (χ0) is 14.1. The summed E-state index contributed by atoms with van der Waals surface area (Å²) in [6.45, 7) is 0. The Morgan fingerprint density at radius 3 is 0.950 bits per heavy atom. The molecule has 10 heteroatoms. The van der Waals surface area contributed by atoms with Crippen molar-refractivity contribution in [2.75, 3.05) is 0 Å². The molecular formula is C10H18N2O8. The van der Waals surface area contributed by atoms with Gasteiger partial charge in [-0.1, -0.05) is 12.8 Å². The number of carboxylic acids is 4. The summed E-state index contributed by atoms with van der Waals surface area (Å²) in [4.78, 5) is 44.9. The molecule has 20 heavy (non-hydrogen) atoms. The zero-order valence-electron chi connectivity index (χ0n) is 10.7. The third kappa shape index (κ3) is 2.18. The number of carbonyl (C=O) groups is 4. The lowest BCUT2D eigenvalue weighted by Gasteiger charge is -2.41. The number of hydrogen-bond acceptors (Lipinski definition) is 6. The quantitative estimate of drug-likeness (QED) is 0.386. The zero-order valence-corrected chi connectivity index (χ0v) is 10.7. The Labute approximate surface area is 113 Å². The van der Waals surface area contributed by atoms with E-state index in [1.54, 1.807) is 0 Å². The molecule has 0 aromatic carbocycles. The van der Waals surface area contributed by atoms with Crippen molar-refractivity contribution in [3.8, 4) is 0 Å². The standard InChI is InChI=1S/C10H12O8.2H3N/c11-5(12)9(6(13)14)3-1-2-4-10(9,7(15)16)8(17)18;;/h1-4H2,(H,11,12)(H,13,14)(H,15,16)(H,17,18);2*1H3. The molecule has 0 radical (unpaired) electrons. The summed E-state index contributed by atoms with van der Waals surface area (Å²) in [5.41, 5.74) is -5.66. The van der Waals surface area contributed by atoms with Crippen LogP contribution in [0.2, 0.25) is 0 Å². The summed E-state index contributed by atoms with van der Waals surface area (Å²) < 4.78 is 0. The van der Waals surface area contributed by atoms with Crippen molar-refractivity contribution >= 4 is 23.9 Å². The summed E-state index contributed by atoms with van der Waals surface area (Å²) in [6.07, 6.45) is -0.728. The molecule has 1 rings (SSSR count). The number of rotatable bonds is 4. The molecule has 0 heterocycles. The van der Waals surface area contributed by atoms with Crippen molar-refractivity contribution < 1.29 is 39.6 Å². The Hall–Kier alpha value is -2.20. The first-order valence-corrected chi connectivity index (χ1v) is 5.17. The number of carboxylic acid groups (broad SMARTS) is 4. The predicted molar refractivity (Wildman–Crippen MR) is 63.9 cm³/mol. The highest BCUT2D eigenvalue weighted by atomic mass is 16.4. The smallest absolute Gasteiger partial charge is 0.322 e. The van der Waals surface area contributed by atoms with Gasteiger partial charge in [0, 0.05) is 0 Å². The Morgan fingerprint density at radius 1 is 0.600 bits per heavy atom. The fraction of sp³-hybridized carbons (Fsp3) is 0.600. The summed E-state index contributed by atoms with van der Waals surface area (Å²) >= 11 is 0. The molecule has 0 amide bonds. The van der Waals surface area contributed by atoms with E-state index in [9.17, 15) is 19.2 Å². The van der Waals surface area contributed by atoms with Gasteiger partial charge < -0.3 is 32.7 Å². The normalized spacial score (nSPS) is 18.8. The van der Waals surface area contributed by atoms with Crippen LogP contribution in [0.1, 0.15) is 25.7 Å². The molecule has 1 aliphatic rings. The topological polar surface area (TPSA) is 219 Å². The van der Waals surface area contributed by atoms with E-state index in [4.69, 9.17) is 20.4 Å². The van der Waals surface area contributed by atoms with Crippen molar-refractivity contribution in [1.82, 2.24) is 12.3 Å². The van der Waals surface area contributed by atoms with Crippen LogP contribution in [0.4, 0.5) is 0 Å².